The average molecular weight is 290 g/mol. The van der Waals surface area contributed by atoms with Gasteiger partial charge in [-0.3, -0.25) is 4.21 Å². The molecule has 0 saturated carbocycles. The molecule has 8 heteroatoms. The number of rotatable bonds is 4. The zero-order valence-electron chi connectivity index (χ0n) is 9.92. The molecule has 2 rings (SSSR count). The Morgan fingerprint density at radius 3 is 2.78 bits per heavy atom. The number of methoxy groups -OCH3 is 1. The van der Waals surface area contributed by atoms with Crippen LogP contribution in [0, 0.1) is 0 Å². The minimum Gasteiger partial charge on any atom is -0.477 e. The molecule has 1 N–H and O–H groups in total. The quantitative estimate of drug-likeness (QED) is 0.872. The second kappa shape index (κ2) is 5.77. The van der Waals surface area contributed by atoms with E-state index < -0.39 is 16.8 Å². The Kier molecular flexibility index (Phi) is 4.31. The highest BCUT2D eigenvalue weighted by Gasteiger charge is 2.23. The Morgan fingerprint density at radius 2 is 2.22 bits per heavy atom. The molecular formula is C10H14N2O4S2. The number of anilines is 1. The summed E-state index contributed by atoms with van der Waals surface area (Å²) in [7, 11) is 0.757. The van der Waals surface area contributed by atoms with Gasteiger partial charge in [-0.15, -0.1) is 0 Å². The van der Waals surface area contributed by atoms with Gasteiger partial charge in [0, 0.05) is 42.5 Å². The molecule has 0 atom stereocenters. The molecule has 1 aliphatic rings. The number of aromatic nitrogens is 1. The van der Waals surface area contributed by atoms with Crippen molar-refractivity contribution in [2.45, 2.75) is 6.61 Å². The number of aromatic carboxylic acids is 1. The van der Waals surface area contributed by atoms with Crippen LogP contribution in [0.15, 0.2) is 0 Å². The van der Waals surface area contributed by atoms with Crippen LogP contribution in [0.4, 0.5) is 5.13 Å². The zero-order valence-corrected chi connectivity index (χ0v) is 11.6. The third-order valence-electron chi connectivity index (χ3n) is 2.61. The molecule has 0 amide bonds. The van der Waals surface area contributed by atoms with Gasteiger partial charge in [-0.05, 0) is 0 Å². The monoisotopic (exact) mass is 290 g/mol. The first-order valence-electron chi connectivity index (χ1n) is 5.43. The molecule has 2 heterocycles. The summed E-state index contributed by atoms with van der Waals surface area (Å²) >= 11 is 1.15. The van der Waals surface area contributed by atoms with Crippen LogP contribution in [0.25, 0.3) is 0 Å². The predicted octanol–water partition coefficient (Wildman–Crippen LogP) is 0.556. The lowest BCUT2D eigenvalue weighted by atomic mass is 10.4. The molecule has 0 bridgehead atoms. The summed E-state index contributed by atoms with van der Waals surface area (Å²) < 4.78 is 16.2. The number of carbonyl (C=O) groups is 1. The molecule has 6 nitrogen and oxygen atoms in total. The standard InChI is InChI=1S/C10H14N2O4S2/c1-16-6-7-8(9(13)14)17-10(11-7)12-2-4-18(15)5-3-12/h2-6H2,1H3,(H,13,14). The van der Waals surface area contributed by atoms with Gasteiger partial charge >= 0.3 is 5.97 Å². The minimum absolute atomic E-state index is 0.192. The highest BCUT2D eigenvalue weighted by Crippen LogP contribution is 2.27. The van der Waals surface area contributed by atoms with E-state index in [1.54, 1.807) is 0 Å². The largest absolute Gasteiger partial charge is 0.477 e. The van der Waals surface area contributed by atoms with E-state index in [0.29, 0.717) is 35.4 Å². The van der Waals surface area contributed by atoms with Crippen LogP contribution in [0.5, 0.6) is 0 Å². The fraction of sp³-hybridized carbons (Fsp3) is 0.600. The molecule has 1 aromatic rings. The van der Waals surface area contributed by atoms with Crippen LogP contribution in [0.2, 0.25) is 0 Å². The molecule has 0 spiro atoms. The predicted molar refractivity (Wildman–Crippen MR) is 69.9 cm³/mol. The highest BCUT2D eigenvalue weighted by atomic mass is 32.2. The Balaban J connectivity index is 2.20. The van der Waals surface area contributed by atoms with E-state index in [9.17, 15) is 9.00 Å². The molecule has 1 saturated heterocycles. The smallest absolute Gasteiger partial charge is 0.347 e. The topological polar surface area (TPSA) is 79.7 Å². The van der Waals surface area contributed by atoms with E-state index in [1.165, 1.54) is 7.11 Å². The molecule has 1 aromatic heterocycles. The number of hydrogen-bond acceptors (Lipinski definition) is 6. The molecule has 0 unspecified atom stereocenters. The average Bonchev–Trinajstić information content (AvgIpc) is 2.75. The van der Waals surface area contributed by atoms with Crippen LogP contribution < -0.4 is 4.90 Å². The molecule has 100 valence electrons. The van der Waals surface area contributed by atoms with Gasteiger partial charge < -0.3 is 14.7 Å². The van der Waals surface area contributed by atoms with Gasteiger partial charge in [-0.2, -0.15) is 0 Å². The number of ether oxygens (including phenoxy) is 1. The lowest BCUT2D eigenvalue weighted by molar-refractivity contribution is 0.0697. The number of carboxylic acids is 1. The van der Waals surface area contributed by atoms with E-state index in [-0.39, 0.29) is 11.5 Å². The highest BCUT2D eigenvalue weighted by molar-refractivity contribution is 7.85. The molecule has 18 heavy (non-hydrogen) atoms. The molecule has 1 fully saturated rings. The van der Waals surface area contributed by atoms with Crippen molar-refractivity contribution in [2.75, 3.05) is 36.6 Å². The summed E-state index contributed by atoms with van der Waals surface area (Å²) in [5.74, 6) is 0.245. The maximum atomic E-state index is 11.3. The summed E-state index contributed by atoms with van der Waals surface area (Å²) in [6.07, 6.45) is 0. The van der Waals surface area contributed by atoms with Crippen LogP contribution in [-0.4, -0.2) is 52.0 Å². The van der Waals surface area contributed by atoms with Crippen molar-refractivity contribution in [1.29, 1.82) is 0 Å². The second-order valence-corrected chi connectivity index (χ2v) is 6.52. The second-order valence-electron chi connectivity index (χ2n) is 3.85. The van der Waals surface area contributed by atoms with Crippen LogP contribution >= 0.6 is 11.3 Å². The summed E-state index contributed by atoms with van der Waals surface area (Å²) in [5.41, 5.74) is 0.455. The lowest BCUT2D eigenvalue weighted by Gasteiger charge is -2.25. The van der Waals surface area contributed by atoms with Gasteiger partial charge in [0.25, 0.3) is 0 Å². The number of carboxylic acid groups (broad SMARTS) is 1. The van der Waals surface area contributed by atoms with E-state index in [4.69, 9.17) is 9.84 Å². The Hall–Kier alpha value is -0.990. The molecule has 0 aliphatic carbocycles. The molecule has 0 aromatic carbocycles. The molecular weight excluding hydrogens is 276 g/mol. The van der Waals surface area contributed by atoms with E-state index in [2.05, 4.69) is 4.98 Å². The SMILES string of the molecule is COCc1nc(N2CCS(=O)CC2)sc1C(=O)O. The molecule has 1 aliphatic heterocycles. The van der Waals surface area contributed by atoms with Crippen LogP contribution in [0.1, 0.15) is 15.4 Å². The van der Waals surface area contributed by atoms with Gasteiger partial charge in [0.05, 0.1) is 12.3 Å². The maximum absolute atomic E-state index is 11.3. The van der Waals surface area contributed by atoms with Crippen LogP contribution in [-0.2, 0) is 22.1 Å². The van der Waals surface area contributed by atoms with Crippen molar-refractivity contribution < 1.29 is 18.8 Å². The van der Waals surface area contributed by atoms with Gasteiger partial charge in [-0.1, -0.05) is 11.3 Å². The number of hydrogen-bond donors (Lipinski definition) is 1. The summed E-state index contributed by atoms with van der Waals surface area (Å²) in [5, 5.41) is 9.77. The van der Waals surface area contributed by atoms with Crippen molar-refractivity contribution in [2.24, 2.45) is 0 Å². The van der Waals surface area contributed by atoms with Crippen molar-refractivity contribution >= 4 is 33.2 Å². The first-order chi connectivity index (χ1) is 8.61. The minimum atomic E-state index is -0.980. The van der Waals surface area contributed by atoms with Gasteiger partial charge in [0.15, 0.2) is 5.13 Å². The van der Waals surface area contributed by atoms with Gasteiger partial charge in [0.1, 0.15) is 4.88 Å². The van der Waals surface area contributed by atoms with Crippen molar-refractivity contribution in [3.8, 4) is 0 Å². The summed E-state index contributed by atoms with van der Waals surface area (Å²) in [6, 6.07) is 0. The zero-order chi connectivity index (χ0) is 13.1. The lowest BCUT2D eigenvalue weighted by Crippen LogP contribution is -2.37. The Bertz CT molecular complexity index is 464. The fourth-order valence-electron chi connectivity index (χ4n) is 1.71. The van der Waals surface area contributed by atoms with Crippen molar-refractivity contribution in [3.05, 3.63) is 10.6 Å². The fourth-order valence-corrected chi connectivity index (χ4v) is 3.72. The third kappa shape index (κ3) is 2.88. The number of nitrogens with zero attached hydrogens (tertiary/aromatic N) is 2. The molecule has 0 radical (unpaired) electrons. The third-order valence-corrected chi connectivity index (χ3v) is 5.03. The van der Waals surface area contributed by atoms with Gasteiger partial charge in [-0.25, -0.2) is 9.78 Å². The first-order valence-corrected chi connectivity index (χ1v) is 7.74. The van der Waals surface area contributed by atoms with Crippen molar-refractivity contribution in [1.82, 2.24) is 4.98 Å². The summed E-state index contributed by atoms with van der Waals surface area (Å²) in [4.78, 5) is 17.6. The Labute approximate surface area is 111 Å². The van der Waals surface area contributed by atoms with E-state index in [0.717, 1.165) is 11.3 Å². The van der Waals surface area contributed by atoms with E-state index >= 15 is 0 Å². The van der Waals surface area contributed by atoms with E-state index in [1.807, 2.05) is 4.90 Å². The summed E-state index contributed by atoms with van der Waals surface area (Å²) in [6.45, 7) is 1.51. The number of thiazole rings is 1. The van der Waals surface area contributed by atoms with Gasteiger partial charge in [0.2, 0.25) is 0 Å². The maximum Gasteiger partial charge on any atom is 0.347 e. The normalized spacial score (nSPS) is 17.1. The Morgan fingerprint density at radius 1 is 1.56 bits per heavy atom. The van der Waals surface area contributed by atoms with Crippen LogP contribution in [0.3, 0.4) is 0 Å². The van der Waals surface area contributed by atoms with Crippen molar-refractivity contribution in [3.63, 3.8) is 0 Å². The first kappa shape index (κ1) is 13.4.